The Balaban J connectivity index is 2.81. The van der Waals surface area contributed by atoms with Crippen molar-refractivity contribution in [1.82, 2.24) is 0 Å². The van der Waals surface area contributed by atoms with Gasteiger partial charge in [-0.05, 0) is 30.5 Å². The number of hydrogen-bond donors (Lipinski definition) is 0. The van der Waals surface area contributed by atoms with Crippen molar-refractivity contribution in [2.24, 2.45) is 0 Å². The fraction of sp³-hybridized carbons (Fsp3) is 0.364. The first-order valence-electron chi connectivity index (χ1n) is 4.52. The Kier molecular flexibility index (Phi) is 4.09. The molecule has 1 unspecified atom stereocenters. The standard InChI is InChI=1S/C11H12ClFO2/c1-7-8(4-3-5-10(7)13)6-9(12)11(14)15-2/h3-5,9H,6H2,1-2H3. The second-order valence-corrected chi connectivity index (χ2v) is 3.75. The van der Waals surface area contributed by atoms with E-state index in [1.807, 2.05) is 0 Å². The zero-order chi connectivity index (χ0) is 11.4. The summed E-state index contributed by atoms with van der Waals surface area (Å²) in [5.74, 6) is -0.790. The minimum Gasteiger partial charge on any atom is -0.468 e. The highest BCUT2D eigenvalue weighted by Crippen LogP contribution is 2.16. The van der Waals surface area contributed by atoms with Crippen LogP contribution in [0.4, 0.5) is 4.39 Å². The SMILES string of the molecule is COC(=O)C(Cl)Cc1cccc(F)c1C. The lowest BCUT2D eigenvalue weighted by molar-refractivity contribution is -0.140. The Morgan fingerprint density at radius 1 is 1.60 bits per heavy atom. The van der Waals surface area contributed by atoms with Gasteiger partial charge in [-0.3, -0.25) is 4.79 Å². The van der Waals surface area contributed by atoms with Crippen LogP contribution in [0.15, 0.2) is 18.2 Å². The number of alkyl halides is 1. The summed E-state index contributed by atoms with van der Waals surface area (Å²) in [5.41, 5.74) is 1.24. The van der Waals surface area contributed by atoms with Crippen LogP contribution in [-0.2, 0) is 16.0 Å². The largest absolute Gasteiger partial charge is 0.468 e. The van der Waals surface area contributed by atoms with Gasteiger partial charge in [-0.15, -0.1) is 11.6 Å². The molecular formula is C11H12ClFO2. The van der Waals surface area contributed by atoms with Gasteiger partial charge < -0.3 is 4.74 Å². The molecule has 0 amide bonds. The maximum absolute atomic E-state index is 13.2. The van der Waals surface area contributed by atoms with Crippen LogP contribution in [0.25, 0.3) is 0 Å². The van der Waals surface area contributed by atoms with E-state index in [1.165, 1.54) is 13.2 Å². The summed E-state index contributed by atoms with van der Waals surface area (Å²) in [4.78, 5) is 11.1. The number of rotatable bonds is 3. The molecule has 82 valence electrons. The molecule has 0 heterocycles. The molecule has 0 aliphatic heterocycles. The van der Waals surface area contributed by atoms with E-state index in [-0.39, 0.29) is 12.2 Å². The second kappa shape index (κ2) is 5.12. The number of hydrogen-bond acceptors (Lipinski definition) is 2. The van der Waals surface area contributed by atoms with Crippen molar-refractivity contribution in [2.45, 2.75) is 18.7 Å². The van der Waals surface area contributed by atoms with Gasteiger partial charge in [-0.25, -0.2) is 4.39 Å². The Morgan fingerprint density at radius 2 is 2.27 bits per heavy atom. The van der Waals surface area contributed by atoms with Crippen LogP contribution in [0.5, 0.6) is 0 Å². The monoisotopic (exact) mass is 230 g/mol. The van der Waals surface area contributed by atoms with Crippen molar-refractivity contribution in [2.75, 3.05) is 7.11 Å². The van der Waals surface area contributed by atoms with E-state index in [2.05, 4.69) is 4.74 Å². The summed E-state index contributed by atoms with van der Waals surface area (Å²) in [5, 5.41) is -0.768. The molecule has 1 aromatic carbocycles. The first kappa shape index (κ1) is 12.0. The van der Waals surface area contributed by atoms with Gasteiger partial charge in [-0.1, -0.05) is 12.1 Å². The van der Waals surface area contributed by atoms with E-state index < -0.39 is 11.3 Å². The summed E-state index contributed by atoms with van der Waals surface area (Å²) in [7, 11) is 1.27. The van der Waals surface area contributed by atoms with Crippen LogP contribution < -0.4 is 0 Å². The molecule has 0 aliphatic carbocycles. The summed E-state index contributed by atoms with van der Waals surface area (Å²) in [6.45, 7) is 1.66. The van der Waals surface area contributed by atoms with Gasteiger partial charge in [0.15, 0.2) is 0 Å². The highest BCUT2D eigenvalue weighted by atomic mass is 35.5. The normalized spacial score (nSPS) is 12.3. The third kappa shape index (κ3) is 2.93. The van der Waals surface area contributed by atoms with Crippen LogP contribution >= 0.6 is 11.6 Å². The van der Waals surface area contributed by atoms with Gasteiger partial charge in [-0.2, -0.15) is 0 Å². The number of halogens is 2. The van der Waals surface area contributed by atoms with E-state index >= 15 is 0 Å². The van der Waals surface area contributed by atoms with Crippen molar-refractivity contribution in [3.05, 3.63) is 35.1 Å². The van der Waals surface area contributed by atoms with Crippen molar-refractivity contribution >= 4 is 17.6 Å². The fourth-order valence-electron chi connectivity index (χ4n) is 1.28. The molecule has 0 saturated heterocycles. The van der Waals surface area contributed by atoms with Gasteiger partial charge in [0.1, 0.15) is 11.2 Å². The number of esters is 1. The molecule has 1 atom stereocenters. The number of methoxy groups -OCH3 is 1. The molecule has 0 aromatic heterocycles. The molecule has 15 heavy (non-hydrogen) atoms. The summed E-state index contributed by atoms with van der Waals surface area (Å²) >= 11 is 5.79. The van der Waals surface area contributed by atoms with E-state index in [0.29, 0.717) is 5.56 Å². The molecular weight excluding hydrogens is 219 g/mol. The fourth-order valence-corrected chi connectivity index (χ4v) is 1.53. The van der Waals surface area contributed by atoms with E-state index in [9.17, 15) is 9.18 Å². The van der Waals surface area contributed by atoms with Gasteiger partial charge in [0.2, 0.25) is 0 Å². The lowest BCUT2D eigenvalue weighted by atomic mass is 10.0. The lowest BCUT2D eigenvalue weighted by Crippen LogP contribution is -2.19. The van der Waals surface area contributed by atoms with Crippen molar-refractivity contribution < 1.29 is 13.9 Å². The van der Waals surface area contributed by atoms with Crippen LogP contribution in [-0.4, -0.2) is 18.5 Å². The van der Waals surface area contributed by atoms with Crippen LogP contribution in [0.1, 0.15) is 11.1 Å². The quantitative estimate of drug-likeness (QED) is 0.589. The third-order valence-corrected chi connectivity index (χ3v) is 2.57. The average Bonchev–Trinajstić information content (AvgIpc) is 2.23. The minimum absolute atomic E-state index is 0.276. The number of carbonyl (C=O) groups is 1. The Bertz CT molecular complexity index is 366. The van der Waals surface area contributed by atoms with E-state index in [4.69, 9.17) is 11.6 Å². The van der Waals surface area contributed by atoms with Crippen LogP contribution in [0, 0.1) is 12.7 Å². The Hall–Kier alpha value is -1.09. The molecule has 0 saturated carbocycles. The molecule has 0 aliphatic rings. The predicted octanol–water partition coefficient (Wildman–Crippen LogP) is 2.46. The molecule has 0 N–H and O–H groups in total. The Labute approximate surface area is 93.0 Å². The topological polar surface area (TPSA) is 26.3 Å². The summed E-state index contributed by atoms with van der Waals surface area (Å²) in [6, 6.07) is 4.72. The highest BCUT2D eigenvalue weighted by Gasteiger charge is 2.17. The number of benzene rings is 1. The van der Waals surface area contributed by atoms with E-state index in [1.54, 1.807) is 19.1 Å². The lowest BCUT2D eigenvalue weighted by Gasteiger charge is -2.09. The van der Waals surface area contributed by atoms with Crippen molar-refractivity contribution in [3.8, 4) is 0 Å². The zero-order valence-electron chi connectivity index (χ0n) is 8.59. The second-order valence-electron chi connectivity index (χ2n) is 3.22. The molecule has 0 radical (unpaired) electrons. The summed E-state index contributed by atoms with van der Waals surface area (Å²) < 4.78 is 17.6. The van der Waals surface area contributed by atoms with Gasteiger partial charge in [0, 0.05) is 0 Å². The van der Waals surface area contributed by atoms with Crippen molar-refractivity contribution in [1.29, 1.82) is 0 Å². The summed E-state index contributed by atoms with van der Waals surface area (Å²) in [6.07, 6.45) is 0.276. The Morgan fingerprint density at radius 3 is 2.87 bits per heavy atom. The first-order valence-corrected chi connectivity index (χ1v) is 4.95. The maximum atomic E-state index is 13.2. The van der Waals surface area contributed by atoms with Gasteiger partial charge in [0.25, 0.3) is 0 Å². The molecule has 0 bridgehead atoms. The number of carbonyl (C=O) groups excluding carboxylic acids is 1. The van der Waals surface area contributed by atoms with Crippen LogP contribution in [0.2, 0.25) is 0 Å². The van der Waals surface area contributed by atoms with Crippen LogP contribution in [0.3, 0.4) is 0 Å². The zero-order valence-corrected chi connectivity index (χ0v) is 9.34. The molecule has 1 aromatic rings. The smallest absolute Gasteiger partial charge is 0.324 e. The molecule has 2 nitrogen and oxygen atoms in total. The third-order valence-electron chi connectivity index (χ3n) is 2.24. The molecule has 1 rings (SSSR count). The van der Waals surface area contributed by atoms with Gasteiger partial charge >= 0.3 is 5.97 Å². The average molecular weight is 231 g/mol. The van der Waals surface area contributed by atoms with Gasteiger partial charge in [0.05, 0.1) is 7.11 Å². The van der Waals surface area contributed by atoms with Crippen molar-refractivity contribution in [3.63, 3.8) is 0 Å². The molecule has 0 spiro atoms. The minimum atomic E-state index is -0.768. The predicted molar refractivity (Wildman–Crippen MR) is 56.5 cm³/mol. The molecule has 0 fully saturated rings. The maximum Gasteiger partial charge on any atom is 0.324 e. The molecule has 4 heteroatoms. The van der Waals surface area contributed by atoms with E-state index in [0.717, 1.165) is 5.56 Å². The highest BCUT2D eigenvalue weighted by molar-refractivity contribution is 6.30. The first-order chi connectivity index (χ1) is 7.06. The number of ether oxygens (including phenoxy) is 1.